The van der Waals surface area contributed by atoms with Crippen LogP contribution >= 0.6 is 24.4 Å². The molecule has 14 heteroatoms. The molecule has 0 saturated carbocycles. The first-order valence-electron chi connectivity index (χ1n) is 14.5. The molecule has 2 aromatic carbocycles. The monoisotopic (exact) mass is 652 g/mol. The Kier molecular flexibility index (Phi) is 10.6. The lowest BCUT2D eigenvalue weighted by Crippen LogP contribution is -2.54. The van der Waals surface area contributed by atoms with Crippen LogP contribution in [-0.4, -0.2) is 74.9 Å². The van der Waals surface area contributed by atoms with Crippen LogP contribution in [-0.2, 0) is 19.2 Å². The van der Waals surface area contributed by atoms with Gasteiger partial charge in [0.2, 0.25) is 23.6 Å². The van der Waals surface area contributed by atoms with Gasteiger partial charge in [0.05, 0.1) is 22.3 Å². The third kappa shape index (κ3) is 6.57. The normalized spacial score (nSPS) is 20.5. The van der Waals surface area contributed by atoms with Crippen molar-refractivity contribution in [3.63, 3.8) is 0 Å². The van der Waals surface area contributed by atoms with Gasteiger partial charge in [-0.1, -0.05) is 39.3 Å². The summed E-state index contributed by atoms with van der Waals surface area (Å²) in [5.74, 6) is -3.17. The second-order valence-corrected chi connectivity index (χ2v) is 12.2. The number of hydrogen-bond donors (Lipinski definition) is 3. The first kappa shape index (κ1) is 33.6. The van der Waals surface area contributed by atoms with Gasteiger partial charge < -0.3 is 0 Å². The molecule has 8 amide bonds. The molecule has 2 unspecified atom stereocenters. The summed E-state index contributed by atoms with van der Waals surface area (Å²) in [5, 5.41) is 4.33. The van der Waals surface area contributed by atoms with Crippen molar-refractivity contribution in [3.8, 4) is 0 Å². The predicted molar refractivity (Wildman–Crippen MR) is 166 cm³/mol. The number of rotatable bonds is 4. The predicted octanol–water partition coefficient (Wildman–Crippen LogP) is 2.99. The van der Waals surface area contributed by atoms with E-state index in [9.17, 15) is 38.4 Å². The van der Waals surface area contributed by atoms with Gasteiger partial charge in [0, 0.05) is 22.6 Å². The maximum Gasteiger partial charge on any atom is 0.263 e. The minimum atomic E-state index is -0.937. The third-order valence-electron chi connectivity index (χ3n) is 7.18. The maximum absolute atomic E-state index is 12.7. The molecule has 0 aromatic heterocycles. The average molecular weight is 653 g/mol. The Morgan fingerprint density at radius 3 is 1.58 bits per heavy atom. The molecule has 2 aromatic rings. The van der Waals surface area contributed by atoms with Crippen LogP contribution in [0.3, 0.4) is 0 Å². The number of benzene rings is 2. The van der Waals surface area contributed by atoms with Gasteiger partial charge in [0.1, 0.15) is 12.1 Å². The molecule has 2 saturated heterocycles. The van der Waals surface area contributed by atoms with Crippen molar-refractivity contribution in [2.24, 2.45) is 0 Å². The number of thiol groups is 1. The molecule has 0 bridgehead atoms. The van der Waals surface area contributed by atoms with Crippen molar-refractivity contribution < 1.29 is 38.4 Å². The fraction of sp³-hybridized carbons (Fsp3) is 0.355. The highest BCUT2D eigenvalue weighted by Gasteiger charge is 2.46. The van der Waals surface area contributed by atoms with E-state index >= 15 is 0 Å². The molecule has 2 N–H and O–H groups in total. The smallest absolute Gasteiger partial charge is 0.263 e. The highest BCUT2D eigenvalue weighted by atomic mass is 32.2. The zero-order valence-electron chi connectivity index (χ0n) is 24.9. The van der Waals surface area contributed by atoms with Crippen molar-refractivity contribution in [2.75, 3.05) is 5.75 Å². The highest BCUT2D eigenvalue weighted by Crippen LogP contribution is 2.34. The standard InChI is InChI=1S/C15H14N2O4S.C13H10N2O4S.C3H8/c1-2-22-10-5-3-4-8-12(10)15(21)17(14(8)20)9-6-7-11(18)16-13(9)19;16-9-5-4-7(11(17)14-9)15-12(18)6-2-1-3-8(20)10(6)13(15)19;1-3-2/h3-5,9H,2,6-7H2,1H3,(H,16,18,19);1-3,7,20H,4-5H2,(H,14,16,17);3H2,1-2H3. The maximum atomic E-state index is 12.7. The van der Waals surface area contributed by atoms with Gasteiger partial charge in [0.25, 0.3) is 23.6 Å². The lowest BCUT2D eigenvalue weighted by atomic mass is 10.0. The summed E-state index contributed by atoms with van der Waals surface area (Å²) in [7, 11) is 0. The zero-order valence-corrected chi connectivity index (χ0v) is 26.6. The molecule has 4 aliphatic rings. The van der Waals surface area contributed by atoms with Crippen LogP contribution < -0.4 is 10.6 Å². The van der Waals surface area contributed by atoms with Gasteiger partial charge in [0.15, 0.2) is 0 Å². The Morgan fingerprint density at radius 2 is 1.13 bits per heavy atom. The number of amides is 8. The number of nitrogens with one attached hydrogen (secondary N) is 2. The van der Waals surface area contributed by atoms with Crippen molar-refractivity contribution in [3.05, 3.63) is 58.7 Å². The number of imide groups is 4. The molecule has 0 aliphatic carbocycles. The third-order valence-corrected chi connectivity index (χ3v) is 8.49. The fourth-order valence-corrected chi connectivity index (χ4v) is 6.39. The molecule has 4 heterocycles. The second-order valence-electron chi connectivity index (χ2n) is 10.4. The lowest BCUT2D eigenvalue weighted by molar-refractivity contribution is -0.137. The number of piperidine rings is 2. The van der Waals surface area contributed by atoms with E-state index in [4.69, 9.17) is 0 Å². The lowest BCUT2D eigenvalue weighted by Gasteiger charge is -2.27. The molecule has 6 rings (SSSR count). The number of nitrogens with zero attached hydrogens (tertiary/aromatic N) is 2. The Morgan fingerprint density at radius 1 is 0.689 bits per heavy atom. The Hall–Kier alpha value is -4.30. The first-order valence-corrected chi connectivity index (χ1v) is 15.9. The van der Waals surface area contributed by atoms with Crippen molar-refractivity contribution in [1.82, 2.24) is 20.4 Å². The van der Waals surface area contributed by atoms with E-state index in [1.165, 1.54) is 24.2 Å². The van der Waals surface area contributed by atoms with Gasteiger partial charge in [-0.3, -0.25) is 58.8 Å². The summed E-state index contributed by atoms with van der Waals surface area (Å²) in [5.41, 5.74) is 1.15. The van der Waals surface area contributed by atoms with E-state index in [1.807, 2.05) is 6.92 Å². The molecule has 236 valence electrons. The van der Waals surface area contributed by atoms with Gasteiger partial charge >= 0.3 is 0 Å². The molecular formula is C31H32N4O8S2. The van der Waals surface area contributed by atoms with Gasteiger partial charge in [-0.25, -0.2) is 0 Å². The summed E-state index contributed by atoms with van der Waals surface area (Å²) in [6.45, 7) is 6.21. The number of fused-ring (bicyclic) bond motifs is 2. The van der Waals surface area contributed by atoms with Crippen LogP contribution in [0.2, 0.25) is 0 Å². The van der Waals surface area contributed by atoms with E-state index in [1.54, 1.807) is 30.3 Å². The molecular weight excluding hydrogens is 620 g/mol. The van der Waals surface area contributed by atoms with Gasteiger partial charge in [-0.15, -0.1) is 24.4 Å². The molecule has 0 radical (unpaired) electrons. The van der Waals surface area contributed by atoms with E-state index < -0.39 is 53.4 Å². The van der Waals surface area contributed by atoms with E-state index in [-0.39, 0.29) is 42.7 Å². The summed E-state index contributed by atoms with van der Waals surface area (Å²) in [4.78, 5) is 99.0. The van der Waals surface area contributed by atoms with Crippen LogP contribution in [0.1, 0.15) is 94.3 Å². The Bertz CT molecular complexity index is 1620. The number of carbonyl (C=O) groups excluding carboxylic acids is 8. The number of hydrogen-bond acceptors (Lipinski definition) is 10. The molecule has 4 aliphatic heterocycles. The van der Waals surface area contributed by atoms with Crippen LogP contribution in [0.15, 0.2) is 46.2 Å². The van der Waals surface area contributed by atoms with Crippen LogP contribution in [0.5, 0.6) is 0 Å². The first-order chi connectivity index (χ1) is 21.5. The molecule has 2 atom stereocenters. The van der Waals surface area contributed by atoms with Gasteiger partial charge in [-0.2, -0.15) is 0 Å². The summed E-state index contributed by atoms with van der Waals surface area (Å²) in [6, 6.07) is 8.05. The minimum Gasteiger partial charge on any atom is -0.295 e. The van der Waals surface area contributed by atoms with E-state index in [0.717, 1.165) is 20.4 Å². The topological polar surface area (TPSA) is 167 Å². The van der Waals surface area contributed by atoms with Crippen LogP contribution in [0.4, 0.5) is 0 Å². The molecule has 45 heavy (non-hydrogen) atoms. The molecule has 0 spiro atoms. The van der Waals surface area contributed by atoms with Crippen LogP contribution in [0, 0.1) is 0 Å². The van der Waals surface area contributed by atoms with Crippen molar-refractivity contribution in [2.45, 2.75) is 74.7 Å². The average Bonchev–Trinajstić information content (AvgIpc) is 3.40. The fourth-order valence-electron chi connectivity index (χ4n) is 5.26. The number of thioether (sulfide) groups is 1. The Balaban J connectivity index is 0.000000189. The highest BCUT2D eigenvalue weighted by molar-refractivity contribution is 7.99. The van der Waals surface area contributed by atoms with Gasteiger partial charge in [-0.05, 0) is 42.9 Å². The largest absolute Gasteiger partial charge is 0.295 e. The van der Waals surface area contributed by atoms with Crippen molar-refractivity contribution >= 4 is 71.6 Å². The summed E-state index contributed by atoms with van der Waals surface area (Å²) in [6.07, 6.45) is 1.81. The summed E-state index contributed by atoms with van der Waals surface area (Å²) < 4.78 is 0. The van der Waals surface area contributed by atoms with E-state index in [2.05, 4.69) is 37.1 Å². The van der Waals surface area contributed by atoms with E-state index in [0.29, 0.717) is 16.0 Å². The minimum absolute atomic E-state index is 0.109. The SMILES string of the molecule is CCC.CCSc1cccc2c1C(=O)N(C1CCC(=O)NC1=O)C2=O.O=C1CCC(N2C(=O)c3cccc(S)c3C2=O)C(=O)N1. The van der Waals surface area contributed by atoms with Crippen LogP contribution in [0.25, 0.3) is 0 Å². The number of carbonyl (C=O) groups is 8. The van der Waals surface area contributed by atoms with Crippen molar-refractivity contribution in [1.29, 1.82) is 0 Å². The summed E-state index contributed by atoms with van der Waals surface area (Å²) >= 11 is 5.66. The molecule has 2 fully saturated rings. The molecule has 12 nitrogen and oxygen atoms in total. The second kappa shape index (κ2) is 14.2. The Labute approximate surface area is 269 Å². The quantitative estimate of drug-likeness (QED) is 0.256. The zero-order chi connectivity index (χ0) is 33.0.